The minimum atomic E-state index is -1.51. The van der Waals surface area contributed by atoms with Gasteiger partial charge in [0.25, 0.3) is 6.29 Å². The van der Waals surface area contributed by atoms with Gasteiger partial charge >= 0.3 is 17.9 Å². The van der Waals surface area contributed by atoms with Crippen LogP contribution in [-0.2, 0) is 33.3 Å². The van der Waals surface area contributed by atoms with Gasteiger partial charge in [0, 0.05) is 12.8 Å². The fraction of sp³-hybridized carbons (Fsp3) is 0.871. The normalized spacial score (nSPS) is 12.9. The predicted octanol–water partition coefficient (Wildman–Crippen LogP) is 20.8. The summed E-state index contributed by atoms with van der Waals surface area (Å²) in [6.45, 7) is 4.93. The number of carboxylic acid groups (broad SMARTS) is 1. The molecule has 0 aliphatic carbocycles. The highest BCUT2D eigenvalue weighted by atomic mass is 16.7. The minimum absolute atomic E-state index is 0.177. The Labute approximate surface area is 490 Å². The number of carboxylic acids is 1. The van der Waals surface area contributed by atoms with Gasteiger partial charge in [-0.15, -0.1) is 0 Å². The maximum absolute atomic E-state index is 12.9. The lowest BCUT2D eigenvalue weighted by Crippen LogP contribution is -2.40. The highest BCUT2D eigenvalue weighted by Crippen LogP contribution is 2.18. The molecule has 0 rings (SSSR count). The molecule has 79 heavy (non-hydrogen) atoms. The van der Waals surface area contributed by atoms with Crippen molar-refractivity contribution >= 4 is 17.9 Å². The molecule has 0 heterocycles. The van der Waals surface area contributed by atoms with Gasteiger partial charge in [-0.2, -0.15) is 0 Å². The number of carbonyl (C=O) groups excluding carboxylic acids is 2. The molecule has 0 aliphatic rings. The summed E-state index contributed by atoms with van der Waals surface area (Å²) in [6.07, 6.45) is 73.9. The summed E-state index contributed by atoms with van der Waals surface area (Å²) >= 11 is 0. The fourth-order valence-electron chi connectivity index (χ4n) is 10.1. The van der Waals surface area contributed by atoms with Crippen molar-refractivity contribution < 1.29 is 42.9 Å². The molecule has 0 saturated carbocycles. The van der Waals surface area contributed by atoms with Crippen molar-refractivity contribution in [1.29, 1.82) is 0 Å². The van der Waals surface area contributed by atoms with Gasteiger partial charge in [-0.25, -0.2) is 4.79 Å². The van der Waals surface area contributed by atoms with Gasteiger partial charge in [-0.3, -0.25) is 9.59 Å². The van der Waals surface area contributed by atoms with Gasteiger partial charge in [0.15, 0.2) is 6.10 Å². The number of aliphatic carboxylic acids is 1. The molecule has 1 N–H and O–H groups in total. The van der Waals surface area contributed by atoms with Crippen LogP contribution in [0.15, 0.2) is 36.5 Å². The molecule has 0 bridgehead atoms. The second-order valence-corrected chi connectivity index (χ2v) is 24.5. The van der Waals surface area contributed by atoms with E-state index in [1.165, 1.54) is 263 Å². The molecule has 0 aromatic rings. The van der Waals surface area contributed by atoms with E-state index in [-0.39, 0.29) is 38.2 Å². The number of unbranched alkanes of at least 4 members (excludes halogenated alkanes) is 43. The van der Waals surface area contributed by atoms with E-state index in [2.05, 4.69) is 50.3 Å². The Bertz CT molecular complexity index is 1390. The first-order chi connectivity index (χ1) is 38.6. The Morgan fingerprint density at radius 1 is 0.380 bits per heavy atom. The molecule has 0 aromatic carbocycles. The van der Waals surface area contributed by atoms with E-state index in [0.717, 1.165) is 44.9 Å². The largest absolute Gasteiger partial charge is 0.477 e. The van der Waals surface area contributed by atoms with Crippen molar-refractivity contribution in [2.75, 3.05) is 47.5 Å². The molecule has 464 valence electrons. The summed E-state index contributed by atoms with van der Waals surface area (Å²) in [6, 6.07) is 0. The zero-order valence-corrected chi connectivity index (χ0v) is 53.1. The Kier molecular flexibility index (Phi) is 59.6. The average Bonchev–Trinajstić information content (AvgIpc) is 3.42. The van der Waals surface area contributed by atoms with Crippen molar-refractivity contribution in [2.24, 2.45) is 0 Å². The Balaban J connectivity index is 4.10. The molecule has 9 nitrogen and oxygen atoms in total. The number of hydrogen-bond acceptors (Lipinski definition) is 7. The van der Waals surface area contributed by atoms with Crippen LogP contribution in [0, 0.1) is 0 Å². The van der Waals surface area contributed by atoms with E-state index >= 15 is 0 Å². The Hall–Kier alpha value is -2.49. The van der Waals surface area contributed by atoms with Crippen LogP contribution in [0.4, 0.5) is 0 Å². The van der Waals surface area contributed by atoms with Crippen molar-refractivity contribution in [3.63, 3.8) is 0 Å². The minimum Gasteiger partial charge on any atom is -0.477 e. The van der Waals surface area contributed by atoms with Gasteiger partial charge < -0.3 is 28.5 Å². The highest BCUT2D eigenvalue weighted by Gasteiger charge is 2.25. The van der Waals surface area contributed by atoms with Crippen LogP contribution < -0.4 is 0 Å². The maximum atomic E-state index is 12.9. The van der Waals surface area contributed by atoms with E-state index in [0.29, 0.717) is 17.4 Å². The lowest BCUT2D eigenvalue weighted by molar-refractivity contribution is -0.870. The Morgan fingerprint density at radius 2 is 0.684 bits per heavy atom. The maximum Gasteiger partial charge on any atom is 0.361 e. The summed E-state index contributed by atoms with van der Waals surface area (Å²) in [4.78, 5) is 37.6. The first kappa shape index (κ1) is 76.5. The summed E-state index contributed by atoms with van der Waals surface area (Å²) in [5, 5.41) is 9.74. The molecule has 0 spiro atoms. The second kappa shape index (κ2) is 61.6. The number of quaternary nitrogens is 1. The molecule has 0 radical (unpaired) electrons. The third kappa shape index (κ3) is 63.0. The fourth-order valence-corrected chi connectivity index (χ4v) is 10.1. The number of nitrogens with zero attached hydrogens (tertiary/aromatic N) is 1. The highest BCUT2D eigenvalue weighted by molar-refractivity contribution is 5.71. The third-order valence-electron chi connectivity index (χ3n) is 15.4. The van der Waals surface area contributed by atoms with Gasteiger partial charge in [-0.1, -0.05) is 288 Å². The number of rotatable bonds is 64. The van der Waals surface area contributed by atoms with Crippen LogP contribution in [-0.4, -0.2) is 87.4 Å². The van der Waals surface area contributed by atoms with Crippen molar-refractivity contribution in [3.05, 3.63) is 36.5 Å². The quantitative estimate of drug-likeness (QED) is 0.0211. The zero-order chi connectivity index (χ0) is 57.6. The lowest BCUT2D eigenvalue weighted by Gasteiger charge is -2.25. The molecule has 0 aliphatic heterocycles. The number of ether oxygens (including phenoxy) is 4. The molecule has 2 atom stereocenters. The lowest BCUT2D eigenvalue weighted by atomic mass is 10.0. The summed E-state index contributed by atoms with van der Waals surface area (Å²) in [5.74, 6) is -1.98. The molecule has 2 unspecified atom stereocenters. The van der Waals surface area contributed by atoms with E-state index in [9.17, 15) is 19.5 Å². The van der Waals surface area contributed by atoms with E-state index in [1.54, 1.807) is 0 Å². The summed E-state index contributed by atoms with van der Waals surface area (Å²) in [7, 11) is 5.99. The van der Waals surface area contributed by atoms with E-state index in [4.69, 9.17) is 18.9 Å². The first-order valence-corrected chi connectivity index (χ1v) is 34.2. The van der Waals surface area contributed by atoms with Crippen molar-refractivity contribution in [3.8, 4) is 0 Å². The number of carbonyl (C=O) groups is 3. The molecule has 0 aromatic heterocycles. The van der Waals surface area contributed by atoms with Crippen molar-refractivity contribution in [2.45, 2.75) is 347 Å². The van der Waals surface area contributed by atoms with Crippen LogP contribution in [0.2, 0.25) is 0 Å². The topological polar surface area (TPSA) is 108 Å². The van der Waals surface area contributed by atoms with Crippen LogP contribution in [0.25, 0.3) is 0 Å². The van der Waals surface area contributed by atoms with Crippen LogP contribution in [0.3, 0.4) is 0 Å². The van der Waals surface area contributed by atoms with Crippen LogP contribution in [0.5, 0.6) is 0 Å². The molecule has 0 fully saturated rings. The number of allylic oxidation sites excluding steroid dienone is 6. The van der Waals surface area contributed by atoms with Gasteiger partial charge in [-0.05, 0) is 70.6 Å². The standard InChI is InChI=1S/C70H131NO8/c1-6-8-10-12-14-16-18-20-22-24-26-28-30-32-34-36-38-40-42-44-46-48-50-52-54-56-58-60-67(72)77-64-66(65-78-70(69(74)75)76-63-62-71(3,4)5)79-68(73)61-59-57-55-53-51-49-47-45-43-41-39-37-35-33-31-29-27-25-23-21-19-17-15-13-11-9-7-2/h19,21,24-27,66,70H,6-18,20,22-23,28-65H2,1-5H3/p+1/b21-19-,26-24-,27-25-. The van der Waals surface area contributed by atoms with E-state index in [1.807, 2.05) is 21.1 Å². The summed E-state index contributed by atoms with van der Waals surface area (Å²) in [5.41, 5.74) is 0. The zero-order valence-electron chi connectivity index (χ0n) is 53.1. The average molecular weight is 1120 g/mol. The van der Waals surface area contributed by atoms with Gasteiger partial charge in [0.2, 0.25) is 0 Å². The molecular weight excluding hydrogens is 983 g/mol. The molecular formula is C70H132NO8+. The molecule has 0 saturated heterocycles. The predicted molar refractivity (Wildman–Crippen MR) is 337 cm³/mol. The monoisotopic (exact) mass is 1110 g/mol. The SMILES string of the molecule is CCCCCCC/C=C\C/C=C\CCCCCCCCCCCCCCCCCC(=O)OC(COC(=O)CCCCCCCCCCCCCCCCC/C=C\CCCCCCCCCC)COC(OCC[N+](C)(C)C)C(=O)O. The first-order valence-electron chi connectivity index (χ1n) is 34.2. The second-order valence-electron chi connectivity index (χ2n) is 24.5. The smallest absolute Gasteiger partial charge is 0.361 e. The Morgan fingerprint density at radius 3 is 1.01 bits per heavy atom. The van der Waals surface area contributed by atoms with E-state index < -0.39 is 18.4 Å². The molecule has 9 heteroatoms. The number of esters is 2. The summed E-state index contributed by atoms with van der Waals surface area (Å²) < 4.78 is 23.0. The number of hydrogen-bond donors (Lipinski definition) is 1. The number of likely N-dealkylation sites (N-methyl/N-ethyl adjacent to an activating group) is 1. The van der Waals surface area contributed by atoms with Gasteiger partial charge in [0.05, 0.1) is 34.4 Å². The third-order valence-corrected chi connectivity index (χ3v) is 15.4. The van der Waals surface area contributed by atoms with Crippen LogP contribution >= 0.6 is 0 Å². The van der Waals surface area contributed by atoms with Gasteiger partial charge in [0.1, 0.15) is 13.2 Å². The van der Waals surface area contributed by atoms with Crippen LogP contribution in [0.1, 0.15) is 335 Å². The molecule has 0 amide bonds. The van der Waals surface area contributed by atoms with Crippen molar-refractivity contribution in [1.82, 2.24) is 0 Å².